The molecule has 1 aliphatic carbocycles. The summed E-state index contributed by atoms with van der Waals surface area (Å²) in [5.74, 6) is 1.03. The van der Waals surface area contributed by atoms with Gasteiger partial charge in [0.2, 0.25) is 10.0 Å². The fourth-order valence-electron chi connectivity index (χ4n) is 3.27. The molecule has 1 fully saturated rings. The van der Waals surface area contributed by atoms with Crippen LogP contribution in [0.3, 0.4) is 0 Å². The van der Waals surface area contributed by atoms with Crippen LogP contribution in [0.2, 0.25) is 0 Å². The van der Waals surface area contributed by atoms with Crippen LogP contribution in [0.25, 0.3) is 0 Å². The highest BCUT2D eigenvalue weighted by Gasteiger charge is 2.31. The van der Waals surface area contributed by atoms with Crippen molar-refractivity contribution in [2.24, 2.45) is 11.8 Å². The Morgan fingerprint density at radius 1 is 1.19 bits per heavy atom. The smallest absolute Gasteiger partial charge is 0.243 e. The number of anilines is 1. The summed E-state index contributed by atoms with van der Waals surface area (Å²) < 4.78 is 28.3. The fraction of sp³-hybridized carbons (Fsp3) is 0.625. The summed E-state index contributed by atoms with van der Waals surface area (Å²) in [5.41, 5.74) is 7.92. The van der Waals surface area contributed by atoms with Crippen molar-refractivity contribution in [1.82, 2.24) is 4.72 Å². The van der Waals surface area contributed by atoms with Gasteiger partial charge in [0.1, 0.15) is 4.90 Å². The van der Waals surface area contributed by atoms with Gasteiger partial charge in [0.15, 0.2) is 0 Å². The zero-order valence-electron chi connectivity index (χ0n) is 13.3. The molecule has 1 aromatic carbocycles. The summed E-state index contributed by atoms with van der Waals surface area (Å²) in [6.07, 6.45) is 3.03. The van der Waals surface area contributed by atoms with Crippen LogP contribution in [0.1, 0.15) is 44.2 Å². The lowest BCUT2D eigenvalue weighted by molar-refractivity contribution is 0.249. The summed E-state index contributed by atoms with van der Waals surface area (Å²) in [5, 5.41) is 0. The Hall–Kier alpha value is -1.07. The minimum absolute atomic E-state index is 0.00510. The van der Waals surface area contributed by atoms with E-state index in [1.54, 1.807) is 6.07 Å². The van der Waals surface area contributed by atoms with Crippen molar-refractivity contribution >= 4 is 15.7 Å². The van der Waals surface area contributed by atoms with Gasteiger partial charge in [-0.15, -0.1) is 0 Å². The van der Waals surface area contributed by atoms with E-state index in [4.69, 9.17) is 5.73 Å². The number of nitrogens with one attached hydrogen (secondary N) is 1. The van der Waals surface area contributed by atoms with Crippen LogP contribution in [-0.4, -0.2) is 14.5 Å². The molecular weight excluding hydrogens is 284 g/mol. The highest BCUT2D eigenvalue weighted by molar-refractivity contribution is 7.89. The molecule has 3 atom stereocenters. The zero-order valence-corrected chi connectivity index (χ0v) is 14.1. The molecule has 4 nitrogen and oxygen atoms in total. The lowest BCUT2D eigenvalue weighted by Crippen LogP contribution is -2.42. The average Bonchev–Trinajstić information content (AvgIpc) is 2.37. The highest BCUT2D eigenvalue weighted by Crippen LogP contribution is 2.31. The van der Waals surface area contributed by atoms with Gasteiger partial charge >= 0.3 is 0 Å². The van der Waals surface area contributed by atoms with E-state index in [9.17, 15) is 8.42 Å². The number of benzene rings is 1. The van der Waals surface area contributed by atoms with Gasteiger partial charge in [0.25, 0.3) is 0 Å². The standard InChI is InChI=1S/C16H26N2O2S/c1-10-5-8-15(12(3)9-10)18-21(19,20)16-13(4)11(2)6-7-14(16)17/h6-7,10,12,15,18H,5,8-9,17H2,1-4H3. The van der Waals surface area contributed by atoms with E-state index in [1.807, 2.05) is 19.9 Å². The maximum Gasteiger partial charge on any atom is 0.243 e. The molecule has 5 heteroatoms. The molecule has 0 aliphatic heterocycles. The number of nitrogen functional groups attached to an aromatic ring is 1. The predicted molar refractivity (Wildman–Crippen MR) is 86.6 cm³/mol. The molecule has 1 aliphatic rings. The SMILES string of the molecule is Cc1ccc(N)c(S(=O)(=O)NC2CCC(C)CC2C)c1C. The molecule has 0 heterocycles. The van der Waals surface area contributed by atoms with Crippen molar-refractivity contribution in [1.29, 1.82) is 0 Å². The monoisotopic (exact) mass is 310 g/mol. The van der Waals surface area contributed by atoms with Gasteiger partial charge in [0, 0.05) is 6.04 Å². The Labute approximate surface area is 128 Å². The molecule has 21 heavy (non-hydrogen) atoms. The number of hydrogen-bond acceptors (Lipinski definition) is 3. The minimum Gasteiger partial charge on any atom is -0.398 e. The highest BCUT2D eigenvalue weighted by atomic mass is 32.2. The summed E-state index contributed by atoms with van der Waals surface area (Å²) in [6, 6.07) is 3.53. The van der Waals surface area contributed by atoms with Crippen LogP contribution in [0, 0.1) is 25.7 Å². The molecule has 1 aromatic rings. The van der Waals surface area contributed by atoms with Crippen LogP contribution in [0.5, 0.6) is 0 Å². The first kappa shape index (κ1) is 16.3. The fourth-order valence-corrected chi connectivity index (χ4v) is 5.08. The second kappa shape index (κ2) is 5.97. The van der Waals surface area contributed by atoms with Crippen molar-refractivity contribution in [3.8, 4) is 0 Å². The van der Waals surface area contributed by atoms with Crippen LogP contribution < -0.4 is 10.5 Å². The number of aryl methyl sites for hydroxylation is 1. The van der Waals surface area contributed by atoms with Gasteiger partial charge in [-0.2, -0.15) is 0 Å². The van der Waals surface area contributed by atoms with Crippen molar-refractivity contribution in [2.45, 2.75) is 57.9 Å². The van der Waals surface area contributed by atoms with Crippen molar-refractivity contribution in [3.05, 3.63) is 23.3 Å². The van der Waals surface area contributed by atoms with Gasteiger partial charge in [0.05, 0.1) is 5.69 Å². The van der Waals surface area contributed by atoms with Crippen molar-refractivity contribution in [3.63, 3.8) is 0 Å². The Kier molecular flexibility index (Phi) is 4.63. The molecule has 3 unspecified atom stereocenters. The second-order valence-corrected chi connectivity index (χ2v) is 8.20. The van der Waals surface area contributed by atoms with Crippen LogP contribution >= 0.6 is 0 Å². The Balaban J connectivity index is 2.29. The van der Waals surface area contributed by atoms with E-state index in [1.165, 1.54) is 0 Å². The number of rotatable bonds is 3. The van der Waals surface area contributed by atoms with E-state index in [2.05, 4.69) is 18.6 Å². The Morgan fingerprint density at radius 2 is 1.86 bits per heavy atom. The second-order valence-electron chi connectivity index (χ2n) is 6.55. The Morgan fingerprint density at radius 3 is 2.48 bits per heavy atom. The van der Waals surface area contributed by atoms with Gasteiger partial charge in [-0.3, -0.25) is 0 Å². The summed E-state index contributed by atoms with van der Waals surface area (Å²) in [6.45, 7) is 8.06. The topological polar surface area (TPSA) is 72.2 Å². The summed E-state index contributed by atoms with van der Waals surface area (Å²) in [7, 11) is -3.57. The third-order valence-corrected chi connectivity index (χ3v) is 6.41. The molecule has 0 saturated heterocycles. The van der Waals surface area contributed by atoms with E-state index >= 15 is 0 Å². The van der Waals surface area contributed by atoms with Gasteiger partial charge in [-0.05, 0) is 62.1 Å². The molecule has 0 radical (unpaired) electrons. The maximum atomic E-state index is 12.7. The average molecular weight is 310 g/mol. The number of nitrogens with two attached hydrogens (primary N) is 1. The first-order valence-electron chi connectivity index (χ1n) is 7.60. The van der Waals surface area contributed by atoms with Crippen molar-refractivity contribution < 1.29 is 8.42 Å². The minimum atomic E-state index is -3.57. The normalized spacial score (nSPS) is 26.8. The summed E-state index contributed by atoms with van der Waals surface area (Å²) in [4.78, 5) is 0.244. The van der Waals surface area contributed by atoms with Crippen LogP contribution in [0.4, 0.5) is 5.69 Å². The zero-order chi connectivity index (χ0) is 15.8. The molecule has 0 amide bonds. The number of sulfonamides is 1. The maximum absolute atomic E-state index is 12.7. The van der Waals surface area contributed by atoms with E-state index < -0.39 is 10.0 Å². The number of hydrogen-bond donors (Lipinski definition) is 2. The molecule has 3 N–H and O–H groups in total. The molecule has 1 saturated carbocycles. The molecule has 0 aromatic heterocycles. The molecule has 0 spiro atoms. The molecular formula is C16H26N2O2S. The molecule has 118 valence electrons. The third-order valence-electron chi connectivity index (χ3n) is 4.71. The van der Waals surface area contributed by atoms with Gasteiger partial charge in [-0.1, -0.05) is 19.9 Å². The lowest BCUT2D eigenvalue weighted by atomic mass is 9.80. The first-order valence-corrected chi connectivity index (χ1v) is 9.08. The largest absolute Gasteiger partial charge is 0.398 e. The Bertz CT molecular complexity index is 625. The molecule has 0 bridgehead atoms. The predicted octanol–water partition coefficient (Wildman–Crippen LogP) is 2.99. The lowest BCUT2D eigenvalue weighted by Gasteiger charge is -2.33. The van der Waals surface area contributed by atoms with Crippen molar-refractivity contribution in [2.75, 3.05) is 5.73 Å². The van der Waals surface area contributed by atoms with Gasteiger partial charge in [-0.25, -0.2) is 13.1 Å². The summed E-state index contributed by atoms with van der Waals surface area (Å²) >= 11 is 0. The quantitative estimate of drug-likeness (QED) is 0.843. The van der Waals surface area contributed by atoms with E-state index in [-0.39, 0.29) is 10.9 Å². The van der Waals surface area contributed by atoms with E-state index in [0.717, 1.165) is 30.4 Å². The van der Waals surface area contributed by atoms with E-state index in [0.29, 0.717) is 17.5 Å². The molecule has 2 rings (SSSR count). The van der Waals surface area contributed by atoms with Crippen LogP contribution in [0.15, 0.2) is 17.0 Å². The first-order chi connectivity index (χ1) is 9.72. The van der Waals surface area contributed by atoms with Crippen LogP contribution in [-0.2, 0) is 10.0 Å². The third kappa shape index (κ3) is 3.40. The van der Waals surface area contributed by atoms with Gasteiger partial charge < -0.3 is 5.73 Å².